The number of benzene rings is 1. The normalized spacial score (nSPS) is 12.8. The molecular formula is C9H8ClF3O2S. The maximum atomic E-state index is 12.3. The van der Waals surface area contributed by atoms with E-state index in [1.54, 1.807) is 0 Å². The van der Waals surface area contributed by atoms with E-state index in [9.17, 15) is 21.6 Å². The lowest BCUT2D eigenvalue weighted by molar-refractivity contribution is -0.137. The first-order valence-corrected chi connectivity index (χ1v) is 6.66. The van der Waals surface area contributed by atoms with Gasteiger partial charge in [0.25, 0.3) is 0 Å². The van der Waals surface area contributed by atoms with Crippen molar-refractivity contribution in [1.82, 2.24) is 0 Å². The molecule has 0 bridgehead atoms. The van der Waals surface area contributed by atoms with Gasteiger partial charge in [-0.1, -0.05) is 6.07 Å². The van der Waals surface area contributed by atoms with Gasteiger partial charge in [-0.3, -0.25) is 0 Å². The van der Waals surface area contributed by atoms with E-state index in [0.29, 0.717) is 0 Å². The molecule has 0 aliphatic carbocycles. The summed E-state index contributed by atoms with van der Waals surface area (Å²) in [6, 6.07) is 2.86. The SMILES string of the molecule is Cc1cc(C(F)(F)F)ccc1CS(=O)(=O)Cl. The first-order chi connectivity index (χ1) is 7.09. The number of rotatable bonds is 2. The second-order valence-electron chi connectivity index (χ2n) is 3.32. The second-order valence-corrected chi connectivity index (χ2v) is 6.10. The third-order valence-corrected chi connectivity index (χ3v) is 2.98. The first-order valence-electron chi connectivity index (χ1n) is 4.18. The van der Waals surface area contributed by atoms with Crippen molar-refractivity contribution >= 4 is 19.7 Å². The minimum atomic E-state index is -4.43. The average molecular weight is 273 g/mol. The summed E-state index contributed by atoms with van der Waals surface area (Å²) < 4.78 is 58.4. The Bertz CT molecular complexity index is 494. The van der Waals surface area contributed by atoms with Crippen molar-refractivity contribution in [3.05, 3.63) is 34.9 Å². The number of aryl methyl sites for hydroxylation is 1. The van der Waals surface area contributed by atoms with Crippen molar-refractivity contribution in [2.75, 3.05) is 0 Å². The summed E-state index contributed by atoms with van der Waals surface area (Å²) in [7, 11) is 1.26. The molecular weight excluding hydrogens is 265 g/mol. The van der Waals surface area contributed by atoms with Gasteiger partial charge >= 0.3 is 6.18 Å². The molecule has 0 aromatic heterocycles. The van der Waals surface area contributed by atoms with Crippen LogP contribution in [-0.4, -0.2) is 8.42 Å². The van der Waals surface area contributed by atoms with E-state index in [2.05, 4.69) is 0 Å². The number of alkyl halides is 3. The molecule has 0 fully saturated rings. The molecule has 0 atom stereocenters. The predicted molar refractivity (Wildman–Crippen MR) is 54.7 cm³/mol. The zero-order chi connectivity index (χ0) is 12.6. The lowest BCUT2D eigenvalue weighted by Gasteiger charge is -2.09. The Balaban J connectivity index is 3.11. The molecule has 2 nitrogen and oxygen atoms in total. The highest BCUT2D eigenvalue weighted by molar-refractivity contribution is 8.13. The van der Waals surface area contributed by atoms with Gasteiger partial charge in [0.2, 0.25) is 9.05 Å². The minimum absolute atomic E-state index is 0.249. The molecule has 0 radical (unpaired) electrons. The van der Waals surface area contributed by atoms with Crippen molar-refractivity contribution in [3.8, 4) is 0 Å². The molecule has 0 aliphatic heterocycles. The maximum Gasteiger partial charge on any atom is 0.416 e. The third kappa shape index (κ3) is 3.68. The van der Waals surface area contributed by atoms with Crippen molar-refractivity contribution in [3.63, 3.8) is 0 Å². The van der Waals surface area contributed by atoms with Gasteiger partial charge in [0.1, 0.15) is 0 Å². The highest BCUT2D eigenvalue weighted by Gasteiger charge is 2.30. The molecule has 0 unspecified atom stereocenters. The first kappa shape index (κ1) is 13.3. The summed E-state index contributed by atoms with van der Waals surface area (Å²) in [6.45, 7) is 1.41. The van der Waals surface area contributed by atoms with Gasteiger partial charge in [0.15, 0.2) is 0 Å². The van der Waals surface area contributed by atoms with Crippen LogP contribution in [0.4, 0.5) is 13.2 Å². The third-order valence-electron chi connectivity index (χ3n) is 2.00. The molecule has 1 aromatic rings. The zero-order valence-electron chi connectivity index (χ0n) is 8.18. The van der Waals surface area contributed by atoms with Crippen LogP contribution in [0.15, 0.2) is 18.2 Å². The van der Waals surface area contributed by atoms with E-state index in [0.717, 1.165) is 18.2 Å². The summed E-state index contributed by atoms with van der Waals surface area (Å²) in [5.41, 5.74) is -0.289. The lowest BCUT2D eigenvalue weighted by Crippen LogP contribution is -2.06. The van der Waals surface area contributed by atoms with E-state index in [1.165, 1.54) is 6.92 Å². The monoisotopic (exact) mass is 272 g/mol. The molecule has 0 aliphatic rings. The Kier molecular flexibility index (Phi) is 3.54. The second kappa shape index (κ2) is 4.25. The highest BCUT2D eigenvalue weighted by atomic mass is 35.7. The average Bonchev–Trinajstić information content (AvgIpc) is 2.04. The van der Waals surface area contributed by atoms with E-state index in [4.69, 9.17) is 10.7 Å². The van der Waals surface area contributed by atoms with Crippen LogP contribution in [0.25, 0.3) is 0 Å². The molecule has 1 rings (SSSR count). The smallest absolute Gasteiger partial charge is 0.212 e. The fraction of sp³-hybridized carbons (Fsp3) is 0.333. The number of hydrogen-bond donors (Lipinski definition) is 0. The molecule has 90 valence electrons. The fourth-order valence-corrected chi connectivity index (χ4v) is 2.27. The van der Waals surface area contributed by atoms with Gasteiger partial charge in [-0.05, 0) is 30.2 Å². The summed E-state index contributed by atoms with van der Waals surface area (Å²) in [5.74, 6) is -0.474. The van der Waals surface area contributed by atoms with Crippen LogP contribution in [0.5, 0.6) is 0 Å². The summed E-state index contributed by atoms with van der Waals surface area (Å²) >= 11 is 0. The molecule has 1 aromatic carbocycles. The Labute approximate surface area is 95.5 Å². The highest BCUT2D eigenvalue weighted by Crippen LogP contribution is 2.30. The molecule has 16 heavy (non-hydrogen) atoms. The van der Waals surface area contributed by atoms with Crippen LogP contribution in [0.2, 0.25) is 0 Å². The van der Waals surface area contributed by atoms with Gasteiger partial charge in [-0.2, -0.15) is 13.2 Å². The predicted octanol–water partition coefficient (Wildman–Crippen LogP) is 3.08. The standard InChI is InChI=1S/C9H8ClF3O2S/c1-6-4-8(9(11,12)13)3-2-7(6)5-16(10,14)15/h2-4H,5H2,1H3. The van der Waals surface area contributed by atoms with Crippen LogP contribution in [-0.2, 0) is 21.0 Å². The maximum absolute atomic E-state index is 12.3. The molecule has 0 spiro atoms. The van der Waals surface area contributed by atoms with Crippen molar-refractivity contribution < 1.29 is 21.6 Å². The van der Waals surface area contributed by atoms with Gasteiger partial charge in [0.05, 0.1) is 11.3 Å². The lowest BCUT2D eigenvalue weighted by atomic mass is 10.1. The molecule has 7 heteroatoms. The van der Waals surface area contributed by atoms with Crippen molar-refractivity contribution in [2.24, 2.45) is 0 Å². The molecule has 0 saturated heterocycles. The van der Waals surface area contributed by atoms with Gasteiger partial charge in [0, 0.05) is 10.7 Å². The van der Waals surface area contributed by atoms with Crippen LogP contribution < -0.4 is 0 Å². The van der Waals surface area contributed by atoms with E-state index in [-0.39, 0.29) is 11.1 Å². The van der Waals surface area contributed by atoms with Gasteiger partial charge < -0.3 is 0 Å². The van der Waals surface area contributed by atoms with Crippen molar-refractivity contribution in [2.45, 2.75) is 18.9 Å². The van der Waals surface area contributed by atoms with E-state index >= 15 is 0 Å². The Morgan fingerprint density at radius 3 is 2.25 bits per heavy atom. The van der Waals surface area contributed by atoms with Crippen LogP contribution >= 0.6 is 10.7 Å². The van der Waals surface area contributed by atoms with Crippen LogP contribution in [0.1, 0.15) is 16.7 Å². The summed E-state index contributed by atoms with van der Waals surface area (Å²) in [5, 5.41) is 0. The van der Waals surface area contributed by atoms with E-state index < -0.39 is 26.5 Å². The van der Waals surface area contributed by atoms with E-state index in [1.807, 2.05) is 0 Å². The fourth-order valence-electron chi connectivity index (χ4n) is 1.22. The molecule has 0 heterocycles. The minimum Gasteiger partial charge on any atom is -0.212 e. The molecule has 0 saturated carbocycles. The number of hydrogen-bond acceptors (Lipinski definition) is 2. The number of halogens is 4. The molecule has 0 N–H and O–H groups in total. The Hall–Kier alpha value is -0.750. The van der Waals surface area contributed by atoms with Crippen molar-refractivity contribution in [1.29, 1.82) is 0 Å². The van der Waals surface area contributed by atoms with Crippen LogP contribution in [0.3, 0.4) is 0 Å². The summed E-state index contributed by atoms with van der Waals surface area (Å²) in [6.07, 6.45) is -4.43. The van der Waals surface area contributed by atoms with Gasteiger partial charge in [-0.15, -0.1) is 0 Å². The Morgan fingerprint density at radius 2 is 1.88 bits per heavy atom. The topological polar surface area (TPSA) is 34.1 Å². The van der Waals surface area contributed by atoms with Crippen LogP contribution in [0, 0.1) is 6.92 Å². The quantitative estimate of drug-likeness (QED) is 0.776. The largest absolute Gasteiger partial charge is 0.416 e. The molecule has 0 amide bonds. The summed E-state index contributed by atoms with van der Waals surface area (Å²) in [4.78, 5) is 0. The zero-order valence-corrected chi connectivity index (χ0v) is 9.75. The van der Waals surface area contributed by atoms with Gasteiger partial charge in [-0.25, -0.2) is 8.42 Å². The Morgan fingerprint density at radius 1 is 1.31 bits per heavy atom.